The largest absolute Gasteiger partial charge is 0.278 e. The Hall–Kier alpha value is -8.19. The summed E-state index contributed by atoms with van der Waals surface area (Å²) in [5.74, 6) is 1.70. The average molecular weight is 822 g/mol. The Bertz CT molecular complexity index is 3750. The van der Waals surface area contributed by atoms with Gasteiger partial charge in [-0.05, 0) is 69.8 Å². The zero-order valence-corrected chi connectivity index (χ0v) is 34.7. The molecule has 13 rings (SSSR count). The van der Waals surface area contributed by atoms with Gasteiger partial charge in [0.25, 0.3) is 0 Å². The summed E-state index contributed by atoms with van der Waals surface area (Å²) in [7, 11) is 0. The van der Waals surface area contributed by atoms with Crippen LogP contribution in [-0.4, -0.2) is 24.1 Å². The highest BCUT2D eigenvalue weighted by molar-refractivity contribution is 7.25. The van der Waals surface area contributed by atoms with Crippen molar-refractivity contribution in [3.8, 4) is 56.7 Å². The molecule has 0 aliphatic carbocycles. The molecule has 0 aliphatic heterocycles. The van der Waals surface area contributed by atoms with Crippen molar-refractivity contribution < 1.29 is 0 Å². The number of thiophene rings is 1. The maximum absolute atomic E-state index is 5.48. The molecule has 4 aromatic heterocycles. The molecule has 0 atom stereocenters. The number of nitrogens with zero attached hydrogens (tertiary/aromatic N) is 5. The molecule has 13 aromatic rings. The normalized spacial score (nSPS) is 11.8. The number of para-hydroxylation sites is 2. The van der Waals surface area contributed by atoms with Crippen LogP contribution in [0.15, 0.2) is 212 Å². The van der Waals surface area contributed by atoms with Crippen LogP contribution in [-0.2, 0) is 0 Å². The van der Waals surface area contributed by atoms with E-state index in [-0.39, 0.29) is 0 Å². The Balaban J connectivity index is 1.08. The minimum atomic E-state index is 0.547. The van der Waals surface area contributed by atoms with Gasteiger partial charge in [-0.3, -0.25) is 9.13 Å². The van der Waals surface area contributed by atoms with Gasteiger partial charge in [0.2, 0.25) is 11.9 Å². The summed E-state index contributed by atoms with van der Waals surface area (Å²) >= 11 is 1.84. The SMILES string of the molecule is c1ccc(-c2ccc3c4ccc(-c5ccccc5)cc4n(-c4nc(-c5ccc(-c6cccc7sc8ccccc8c67)cc5)nc(-n5c6ccccc6c6ccccc65)n4)c3c2)cc1. The standard InChI is InChI=1S/C57H35N5S/c1-3-14-36(15-4-1)40-30-32-45-46-33-31-41(37-16-5-2-6-17-37)35-51(46)62(50(45)34-40)57-59-55(58-56(60-57)61-48-22-10-7-18-43(48)44-19-8-11-23-49(44)61)39-28-26-38(27-29-39)42-21-13-25-53-54(42)47-20-9-12-24-52(47)63-53/h1-35H. The summed E-state index contributed by atoms with van der Waals surface area (Å²) in [5.41, 5.74) is 11.9. The number of rotatable bonds is 6. The van der Waals surface area contributed by atoms with E-state index in [1.54, 1.807) is 0 Å². The van der Waals surface area contributed by atoms with E-state index in [1.807, 2.05) is 11.3 Å². The van der Waals surface area contributed by atoms with E-state index in [4.69, 9.17) is 15.0 Å². The highest BCUT2D eigenvalue weighted by Gasteiger charge is 2.22. The minimum absolute atomic E-state index is 0.547. The van der Waals surface area contributed by atoms with Crippen LogP contribution in [0.4, 0.5) is 0 Å². The molecule has 0 spiro atoms. The molecule has 0 saturated heterocycles. The molecular weight excluding hydrogens is 787 g/mol. The van der Waals surface area contributed by atoms with Crippen LogP contribution in [0.1, 0.15) is 0 Å². The Morgan fingerprint density at radius 3 is 1.37 bits per heavy atom. The average Bonchev–Trinajstić information content (AvgIpc) is 4.02. The Kier molecular flexibility index (Phi) is 8.01. The lowest BCUT2D eigenvalue weighted by Gasteiger charge is -2.13. The molecule has 6 heteroatoms. The quantitative estimate of drug-likeness (QED) is 0.168. The van der Waals surface area contributed by atoms with Gasteiger partial charge < -0.3 is 0 Å². The van der Waals surface area contributed by atoms with E-state index in [0.717, 1.165) is 77.0 Å². The maximum Gasteiger partial charge on any atom is 0.240 e. The fraction of sp³-hybridized carbons (Fsp3) is 0. The van der Waals surface area contributed by atoms with Crippen molar-refractivity contribution in [2.45, 2.75) is 0 Å². The first-order chi connectivity index (χ1) is 31.2. The molecule has 0 fully saturated rings. The van der Waals surface area contributed by atoms with Gasteiger partial charge in [0.05, 0.1) is 22.1 Å². The van der Waals surface area contributed by atoms with Crippen LogP contribution in [0.2, 0.25) is 0 Å². The maximum atomic E-state index is 5.48. The van der Waals surface area contributed by atoms with Crippen LogP contribution in [0.25, 0.3) is 120 Å². The van der Waals surface area contributed by atoms with E-state index in [1.165, 1.54) is 25.7 Å². The highest BCUT2D eigenvalue weighted by atomic mass is 32.1. The molecule has 4 heterocycles. The first-order valence-corrected chi connectivity index (χ1v) is 22.0. The molecule has 5 nitrogen and oxygen atoms in total. The second kappa shape index (κ2) is 14.2. The molecule has 0 saturated carbocycles. The van der Waals surface area contributed by atoms with Crippen molar-refractivity contribution in [3.05, 3.63) is 212 Å². The number of benzene rings is 9. The Morgan fingerprint density at radius 2 is 0.762 bits per heavy atom. The molecule has 0 aliphatic rings. The van der Waals surface area contributed by atoms with Crippen LogP contribution >= 0.6 is 11.3 Å². The summed E-state index contributed by atoms with van der Waals surface area (Å²) in [5, 5.41) is 7.12. The summed E-state index contributed by atoms with van der Waals surface area (Å²) in [4.78, 5) is 16.3. The predicted molar refractivity (Wildman–Crippen MR) is 263 cm³/mol. The van der Waals surface area contributed by atoms with Crippen LogP contribution in [0.3, 0.4) is 0 Å². The zero-order valence-electron chi connectivity index (χ0n) is 33.9. The van der Waals surface area contributed by atoms with Gasteiger partial charge in [0, 0.05) is 47.3 Å². The van der Waals surface area contributed by atoms with Crippen LogP contribution in [0, 0.1) is 0 Å². The molecule has 0 radical (unpaired) electrons. The third-order valence-corrected chi connectivity index (χ3v) is 13.6. The van der Waals surface area contributed by atoms with Gasteiger partial charge in [-0.2, -0.15) is 15.0 Å². The smallest absolute Gasteiger partial charge is 0.240 e. The molecule has 0 bridgehead atoms. The zero-order chi connectivity index (χ0) is 41.4. The second-order valence-electron chi connectivity index (χ2n) is 16.0. The number of hydrogen-bond donors (Lipinski definition) is 0. The third kappa shape index (κ3) is 5.73. The predicted octanol–water partition coefficient (Wildman–Crippen LogP) is 15.1. The summed E-state index contributed by atoms with van der Waals surface area (Å²) < 4.78 is 7.01. The molecule has 9 aromatic carbocycles. The lowest BCUT2D eigenvalue weighted by atomic mass is 9.98. The number of fused-ring (bicyclic) bond motifs is 9. The molecule has 63 heavy (non-hydrogen) atoms. The summed E-state index contributed by atoms with van der Waals surface area (Å²) in [6.07, 6.45) is 0. The monoisotopic (exact) mass is 821 g/mol. The third-order valence-electron chi connectivity index (χ3n) is 12.4. The van der Waals surface area contributed by atoms with Gasteiger partial charge in [0.15, 0.2) is 5.82 Å². The van der Waals surface area contributed by atoms with Crippen molar-refractivity contribution >= 4 is 75.1 Å². The van der Waals surface area contributed by atoms with E-state index in [2.05, 4.69) is 221 Å². The number of hydrogen-bond acceptors (Lipinski definition) is 4. The molecular formula is C57H35N5S. The van der Waals surface area contributed by atoms with Crippen molar-refractivity contribution in [2.75, 3.05) is 0 Å². The van der Waals surface area contributed by atoms with Crippen LogP contribution in [0.5, 0.6) is 0 Å². The first kappa shape index (κ1) is 35.6. The highest BCUT2D eigenvalue weighted by Crippen LogP contribution is 2.41. The Morgan fingerprint density at radius 1 is 0.302 bits per heavy atom. The van der Waals surface area contributed by atoms with E-state index in [0.29, 0.717) is 17.7 Å². The van der Waals surface area contributed by atoms with Crippen molar-refractivity contribution in [1.82, 2.24) is 24.1 Å². The van der Waals surface area contributed by atoms with Crippen molar-refractivity contribution in [1.29, 1.82) is 0 Å². The topological polar surface area (TPSA) is 48.5 Å². The first-order valence-electron chi connectivity index (χ1n) is 21.2. The minimum Gasteiger partial charge on any atom is -0.278 e. The van der Waals surface area contributed by atoms with Gasteiger partial charge in [0.1, 0.15) is 0 Å². The van der Waals surface area contributed by atoms with Gasteiger partial charge in [-0.1, -0.05) is 176 Å². The summed E-state index contributed by atoms with van der Waals surface area (Å²) in [6.45, 7) is 0. The lowest BCUT2D eigenvalue weighted by molar-refractivity contribution is 0.893. The lowest BCUT2D eigenvalue weighted by Crippen LogP contribution is -2.10. The molecule has 294 valence electrons. The molecule has 0 amide bonds. The Labute approximate surface area is 366 Å². The van der Waals surface area contributed by atoms with Crippen molar-refractivity contribution in [3.63, 3.8) is 0 Å². The van der Waals surface area contributed by atoms with Gasteiger partial charge >= 0.3 is 0 Å². The fourth-order valence-electron chi connectivity index (χ4n) is 9.49. The van der Waals surface area contributed by atoms with Crippen molar-refractivity contribution in [2.24, 2.45) is 0 Å². The van der Waals surface area contributed by atoms with Crippen LogP contribution < -0.4 is 0 Å². The second-order valence-corrected chi connectivity index (χ2v) is 17.1. The summed E-state index contributed by atoms with van der Waals surface area (Å²) in [6, 6.07) is 75.6. The molecule has 0 unspecified atom stereocenters. The number of aromatic nitrogens is 5. The molecule has 0 N–H and O–H groups in total. The van der Waals surface area contributed by atoms with E-state index < -0.39 is 0 Å². The van der Waals surface area contributed by atoms with Gasteiger partial charge in [-0.15, -0.1) is 11.3 Å². The van der Waals surface area contributed by atoms with Gasteiger partial charge in [-0.25, -0.2) is 0 Å². The fourth-order valence-corrected chi connectivity index (χ4v) is 10.6. The van der Waals surface area contributed by atoms with E-state index >= 15 is 0 Å². The van der Waals surface area contributed by atoms with E-state index in [9.17, 15) is 0 Å².